The van der Waals surface area contributed by atoms with Crippen LogP contribution in [0.15, 0.2) is 101 Å². The molecule has 0 bridgehead atoms. The summed E-state index contributed by atoms with van der Waals surface area (Å²) in [6.45, 7) is 0. The lowest BCUT2D eigenvalue weighted by molar-refractivity contribution is 0.589. The van der Waals surface area contributed by atoms with Crippen LogP contribution in [0.3, 0.4) is 0 Å². The van der Waals surface area contributed by atoms with Crippen molar-refractivity contribution < 1.29 is 8.42 Å². The predicted octanol–water partition coefficient (Wildman–Crippen LogP) is 4.15. The van der Waals surface area contributed by atoms with Crippen LogP contribution in [0.25, 0.3) is 16.6 Å². The van der Waals surface area contributed by atoms with Gasteiger partial charge in [-0.25, -0.2) is 12.4 Å². The molecule has 5 aromatic rings. The summed E-state index contributed by atoms with van der Waals surface area (Å²) in [6, 6.07) is 25.6. The smallest absolute Gasteiger partial charge is 0.241 e. The Morgan fingerprint density at radius 2 is 1.52 bits per heavy atom. The van der Waals surface area contributed by atoms with E-state index < -0.39 is 10.0 Å². The van der Waals surface area contributed by atoms with Gasteiger partial charge in [-0.05, 0) is 46.3 Å². The summed E-state index contributed by atoms with van der Waals surface area (Å²) in [5.41, 5.74) is 2.40. The molecule has 0 amide bonds. The van der Waals surface area contributed by atoms with Crippen molar-refractivity contribution in [3.05, 3.63) is 96.7 Å². The van der Waals surface area contributed by atoms with Crippen molar-refractivity contribution in [3.8, 4) is 5.69 Å². The molecule has 0 spiro atoms. The number of tetrazole rings is 1. The van der Waals surface area contributed by atoms with Crippen LogP contribution in [0.4, 0.5) is 0 Å². The van der Waals surface area contributed by atoms with E-state index in [9.17, 15) is 8.42 Å². The summed E-state index contributed by atoms with van der Waals surface area (Å²) < 4.78 is 29.5. The number of hydrogen-bond acceptors (Lipinski definition) is 6. The number of aromatic nitrogens is 5. The Kier molecular flexibility index (Phi) is 5.05. The van der Waals surface area contributed by atoms with Gasteiger partial charge in [-0.3, -0.25) is 0 Å². The maximum Gasteiger partial charge on any atom is 0.268 e. The number of hydrogen-bond donors (Lipinski definition) is 0. The third-order valence-corrected chi connectivity index (χ3v) is 7.51. The largest absolute Gasteiger partial charge is 0.268 e. The summed E-state index contributed by atoms with van der Waals surface area (Å²) >= 11 is 1.45. The quantitative estimate of drug-likeness (QED) is 0.364. The molecule has 3 aromatic carbocycles. The fraction of sp³-hybridized carbons (Fsp3) is 0.0455. The summed E-state index contributed by atoms with van der Waals surface area (Å²) in [5, 5.41) is 13.5. The molecule has 0 aliphatic carbocycles. The lowest BCUT2D eigenvalue weighted by atomic mass is 10.2. The van der Waals surface area contributed by atoms with E-state index in [-0.39, 0.29) is 4.90 Å². The molecule has 2 heterocycles. The molecule has 5 rings (SSSR count). The highest BCUT2D eigenvalue weighted by Crippen LogP contribution is 2.30. The van der Waals surface area contributed by atoms with Crippen LogP contribution in [0.5, 0.6) is 0 Å². The van der Waals surface area contributed by atoms with Gasteiger partial charge in [0.05, 0.1) is 16.1 Å². The van der Waals surface area contributed by atoms with E-state index in [0.29, 0.717) is 16.4 Å². The summed E-state index contributed by atoms with van der Waals surface area (Å²) in [7, 11) is -3.71. The van der Waals surface area contributed by atoms with Gasteiger partial charge >= 0.3 is 0 Å². The Labute approximate surface area is 183 Å². The topological polar surface area (TPSA) is 82.7 Å². The van der Waals surface area contributed by atoms with Crippen LogP contribution >= 0.6 is 11.8 Å². The van der Waals surface area contributed by atoms with Crippen molar-refractivity contribution >= 4 is 32.7 Å². The summed E-state index contributed by atoms with van der Waals surface area (Å²) in [5.74, 6) is 0.519. The second kappa shape index (κ2) is 8.01. The molecule has 0 atom stereocenters. The molecule has 0 radical (unpaired) electrons. The molecule has 7 nitrogen and oxygen atoms in total. The normalized spacial score (nSPS) is 11.7. The molecule has 0 fully saturated rings. The van der Waals surface area contributed by atoms with E-state index in [1.54, 1.807) is 41.2 Å². The highest BCUT2D eigenvalue weighted by Gasteiger charge is 2.21. The zero-order chi connectivity index (χ0) is 21.3. The minimum atomic E-state index is -3.71. The summed E-state index contributed by atoms with van der Waals surface area (Å²) in [4.78, 5) is 0.253. The monoisotopic (exact) mass is 447 g/mol. The van der Waals surface area contributed by atoms with E-state index in [0.717, 1.165) is 16.6 Å². The molecule has 0 N–H and O–H groups in total. The van der Waals surface area contributed by atoms with Gasteiger partial charge in [-0.2, -0.15) is 4.68 Å². The van der Waals surface area contributed by atoms with Crippen LogP contribution in [0, 0.1) is 0 Å². The second-order valence-corrected chi connectivity index (χ2v) is 9.54. The van der Waals surface area contributed by atoms with Crippen molar-refractivity contribution in [2.45, 2.75) is 15.8 Å². The Balaban J connectivity index is 1.51. The zero-order valence-corrected chi connectivity index (χ0v) is 17.9. The van der Waals surface area contributed by atoms with Gasteiger partial charge in [0.2, 0.25) is 5.16 Å². The van der Waals surface area contributed by atoms with Crippen molar-refractivity contribution in [2.24, 2.45) is 0 Å². The van der Waals surface area contributed by atoms with Crippen molar-refractivity contribution in [1.82, 2.24) is 24.2 Å². The molecule has 9 heteroatoms. The standard InChI is InChI=1S/C22H17N5O2S2/c28-31(29,19-11-5-2-6-12-19)26-15-17(20-13-7-8-14-21(20)26)16-30-22-23-24-25-27(22)18-9-3-1-4-10-18/h1-15H,16H2. The minimum Gasteiger partial charge on any atom is -0.241 e. The van der Waals surface area contributed by atoms with Gasteiger partial charge in [0.1, 0.15) is 0 Å². The van der Waals surface area contributed by atoms with Crippen LogP contribution in [0.1, 0.15) is 5.56 Å². The first-order valence-electron chi connectivity index (χ1n) is 9.51. The fourth-order valence-corrected chi connectivity index (χ4v) is 5.67. The number of fused-ring (bicyclic) bond motifs is 1. The molecule has 0 saturated heterocycles. The number of para-hydroxylation sites is 2. The van der Waals surface area contributed by atoms with Gasteiger partial charge in [-0.15, -0.1) is 5.10 Å². The lowest BCUT2D eigenvalue weighted by Gasteiger charge is -2.07. The summed E-state index contributed by atoms with van der Waals surface area (Å²) in [6.07, 6.45) is 1.69. The van der Waals surface area contributed by atoms with Gasteiger partial charge < -0.3 is 0 Å². The highest BCUT2D eigenvalue weighted by molar-refractivity contribution is 7.98. The number of rotatable bonds is 6. The van der Waals surface area contributed by atoms with Crippen molar-refractivity contribution in [2.75, 3.05) is 0 Å². The third-order valence-electron chi connectivity index (χ3n) is 4.86. The van der Waals surface area contributed by atoms with E-state index in [1.165, 1.54) is 15.7 Å². The molecule has 0 saturated carbocycles. The number of benzene rings is 3. The van der Waals surface area contributed by atoms with Crippen molar-refractivity contribution in [1.29, 1.82) is 0 Å². The predicted molar refractivity (Wildman–Crippen MR) is 120 cm³/mol. The van der Waals surface area contributed by atoms with Crippen molar-refractivity contribution in [3.63, 3.8) is 0 Å². The SMILES string of the molecule is O=S(=O)(c1ccccc1)n1cc(CSc2nnnn2-c2ccccc2)c2ccccc21. The Morgan fingerprint density at radius 3 is 2.29 bits per heavy atom. The Bertz CT molecular complexity index is 1450. The molecule has 0 aliphatic heterocycles. The van der Waals surface area contributed by atoms with E-state index in [1.807, 2.05) is 54.6 Å². The van der Waals surface area contributed by atoms with Gasteiger partial charge in [0, 0.05) is 17.3 Å². The Hall–Kier alpha value is -3.43. The van der Waals surface area contributed by atoms with Gasteiger partial charge in [0.25, 0.3) is 10.0 Å². The lowest BCUT2D eigenvalue weighted by Crippen LogP contribution is -2.11. The third kappa shape index (κ3) is 3.62. The van der Waals surface area contributed by atoms with E-state index >= 15 is 0 Å². The molecule has 0 aliphatic rings. The maximum atomic E-state index is 13.3. The zero-order valence-electron chi connectivity index (χ0n) is 16.2. The number of nitrogens with zero attached hydrogens (tertiary/aromatic N) is 5. The average Bonchev–Trinajstić information content (AvgIpc) is 3.44. The maximum absolute atomic E-state index is 13.3. The molecular formula is C22H17N5O2S2. The van der Waals surface area contributed by atoms with E-state index in [2.05, 4.69) is 15.5 Å². The van der Waals surface area contributed by atoms with Crippen LogP contribution in [0.2, 0.25) is 0 Å². The van der Waals surface area contributed by atoms with Crippen LogP contribution < -0.4 is 0 Å². The molecule has 154 valence electrons. The first-order chi connectivity index (χ1) is 15.1. The number of thioether (sulfide) groups is 1. The van der Waals surface area contributed by atoms with Crippen LogP contribution in [-0.4, -0.2) is 32.6 Å². The van der Waals surface area contributed by atoms with Gasteiger partial charge in [-0.1, -0.05) is 66.4 Å². The first kappa shape index (κ1) is 19.5. The highest BCUT2D eigenvalue weighted by atomic mass is 32.2. The van der Waals surface area contributed by atoms with Crippen LogP contribution in [-0.2, 0) is 15.8 Å². The van der Waals surface area contributed by atoms with Gasteiger partial charge in [0.15, 0.2) is 0 Å². The second-order valence-electron chi connectivity index (χ2n) is 6.78. The van der Waals surface area contributed by atoms with E-state index in [4.69, 9.17) is 0 Å². The molecular weight excluding hydrogens is 430 g/mol. The fourth-order valence-electron chi connectivity index (χ4n) is 3.38. The first-order valence-corrected chi connectivity index (χ1v) is 11.9. The molecule has 0 unspecified atom stereocenters. The Morgan fingerprint density at radius 1 is 0.839 bits per heavy atom. The average molecular weight is 448 g/mol. The molecule has 2 aromatic heterocycles. The minimum absolute atomic E-state index is 0.253. The molecule has 31 heavy (non-hydrogen) atoms.